The number of aryl methyl sites for hydroxylation is 1. The SMILES string of the molecule is CCOc1ccc2c(c1)sc(=NC(=S)NC(=O)c1cc3cc([N+](=O)[O-])ccc3s1)n2C. The number of carbonyl (C=O) groups excluding carboxylic acids is 1. The highest BCUT2D eigenvalue weighted by molar-refractivity contribution is 7.80. The van der Waals surface area contributed by atoms with Crippen LogP contribution in [-0.2, 0) is 7.05 Å². The molecule has 0 saturated heterocycles. The maximum absolute atomic E-state index is 12.6. The van der Waals surface area contributed by atoms with Gasteiger partial charge in [-0.05, 0) is 49.5 Å². The second-order valence-corrected chi connectivity index (χ2v) is 8.95. The van der Waals surface area contributed by atoms with E-state index in [1.165, 1.54) is 34.8 Å². The Kier molecular flexibility index (Phi) is 5.81. The number of benzene rings is 2. The van der Waals surface area contributed by atoms with Crippen LogP contribution in [0.1, 0.15) is 16.6 Å². The molecule has 0 aliphatic rings. The number of thiocarbonyl (C=S) groups is 1. The molecular weight excluding hydrogens is 456 g/mol. The molecule has 2 heterocycles. The van der Waals surface area contributed by atoms with E-state index >= 15 is 0 Å². The fourth-order valence-electron chi connectivity index (χ4n) is 3.01. The summed E-state index contributed by atoms with van der Waals surface area (Å²) >= 11 is 7.94. The van der Waals surface area contributed by atoms with Gasteiger partial charge in [-0.1, -0.05) is 11.3 Å². The number of hydrogen-bond acceptors (Lipinski definition) is 7. The molecule has 0 fully saturated rings. The number of non-ortho nitro benzene ring substituents is 1. The molecule has 0 radical (unpaired) electrons. The van der Waals surface area contributed by atoms with Crippen LogP contribution in [0.4, 0.5) is 5.69 Å². The molecule has 1 amide bonds. The molecule has 11 heteroatoms. The molecule has 8 nitrogen and oxygen atoms in total. The molecule has 0 aliphatic carbocycles. The summed E-state index contributed by atoms with van der Waals surface area (Å²) in [5.41, 5.74) is 0.958. The molecule has 0 aliphatic heterocycles. The van der Waals surface area contributed by atoms with Crippen molar-refractivity contribution in [2.24, 2.45) is 12.0 Å². The lowest BCUT2D eigenvalue weighted by molar-refractivity contribution is -0.384. The van der Waals surface area contributed by atoms with E-state index in [1.54, 1.807) is 12.1 Å². The molecule has 0 unspecified atom stereocenters. The van der Waals surface area contributed by atoms with E-state index in [4.69, 9.17) is 17.0 Å². The molecule has 158 valence electrons. The lowest BCUT2D eigenvalue weighted by Gasteiger charge is -2.02. The van der Waals surface area contributed by atoms with Gasteiger partial charge in [0, 0.05) is 29.3 Å². The zero-order valence-corrected chi connectivity index (χ0v) is 18.9. The average Bonchev–Trinajstić information content (AvgIpc) is 3.29. The monoisotopic (exact) mass is 472 g/mol. The highest BCUT2D eigenvalue weighted by Gasteiger charge is 2.14. The third-order valence-corrected chi connectivity index (χ3v) is 6.85. The highest BCUT2D eigenvalue weighted by Crippen LogP contribution is 2.29. The largest absolute Gasteiger partial charge is 0.494 e. The van der Waals surface area contributed by atoms with Crippen LogP contribution >= 0.6 is 34.9 Å². The molecule has 4 rings (SSSR count). The van der Waals surface area contributed by atoms with Crippen molar-refractivity contribution < 1.29 is 14.5 Å². The number of carbonyl (C=O) groups is 1. The molecule has 1 N–H and O–H groups in total. The Labute approximate surface area is 189 Å². The van der Waals surface area contributed by atoms with Gasteiger partial charge in [-0.15, -0.1) is 11.3 Å². The maximum atomic E-state index is 12.6. The number of thiophene rings is 1. The second kappa shape index (κ2) is 8.53. The van der Waals surface area contributed by atoms with Crippen LogP contribution in [0.15, 0.2) is 47.5 Å². The third-order valence-electron chi connectivity index (χ3n) is 4.44. The number of nitrogens with one attached hydrogen (secondary N) is 1. The number of ether oxygens (including phenoxy) is 1. The molecule has 0 bridgehead atoms. The highest BCUT2D eigenvalue weighted by atomic mass is 32.1. The number of aromatic nitrogens is 1. The number of nitro groups is 1. The number of fused-ring (bicyclic) bond motifs is 2. The van der Waals surface area contributed by atoms with E-state index in [0.29, 0.717) is 21.7 Å². The van der Waals surface area contributed by atoms with Gasteiger partial charge in [0.1, 0.15) is 5.75 Å². The first-order valence-electron chi connectivity index (χ1n) is 9.16. The Morgan fingerprint density at radius 2 is 2.03 bits per heavy atom. The van der Waals surface area contributed by atoms with E-state index in [1.807, 2.05) is 36.7 Å². The number of nitrogens with zero attached hydrogens (tertiary/aromatic N) is 3. The summed E-state index contributed by atoms with van der Waals surface area (Å²) in [5, 5.41) is 14.2. The van der Waals surface area contributed by atoms with Gasteiger partial charge < -0.3 is 9.30 Å². The van der Waals surface area contributed by atoms with Gasteiger partial charge >= 0.3 is 0 Å². The van der Waals surface area contributed by atoms with Crippen LogP contribution in [0.5, 0.6) is 5.75 Å². The minimum Gasteiger partial charge on any atom is -0.494 e. The van der Waals surface area contributed by atoms with Crippen molar-refractivity contribution in [2.75, 3.05) is 6.61 Å². The average molecular weight is 473 g/mol. The molecule has 31 heavy (non-hydrogen) atoms. The van der Waals surface area contributed by atoms with Gasteiger partial charge in [0.15, 0.2) is 4.80 Å². The summed E-state index contributed by atoms with van der Waals surface area (Å²) in [6.07, 6.45) is 0. The van der Waals surface area contributed by atoms with E-state index in [-0.39, 0.29) is 10.8 Å². The maximum Gasteiger partial charge on any atom is 0.270 e. The number of amides is 1. The zero-order chi connectivity index (χ0) is 22.1. The summed E-state index contributed by atoms with van der Waals surface area (Å²) in [5.74, 6) is 0.379. The first kappa shape index (κ1) is 21.1. The van der Waals surface area contributed by atoms with Gasteiger partial charge in [-0.2, -0.15) is 4.99 Å². The fraction of sp³-hybridized carbons (Fsp3) is 0.150. The van der Waals surface area contributed by atoms with E-state index < -0.39 is 10.8 Å². The molecular formula is C20H16N4O4S3. The molecule has 0 saturated carbocycles. The standard InChI is InChI=1S/C20H16N4O4S3/c1-3-28-13-5-6-14-16(10-13)31-20(23(14)2)22-19(29)21-18(25)17-9-11-8-12(24(26)27)4-7-15(11)30-17/h4-10H,3H2,1-2H3,(H,21,25,29). The van der Waals surface area contributed by atoms with Gasteiger partial charge in [-0.25, -0.2) is 0 Å². The Hall–Kier alpha value is -3.15. The van der Waals surface area contributed by atoms with Crippen molar-refractivity contribution in [3.63, 3.8) is 0 Å². The molecule has 2 aromatic carbocycles. The zero-order valence-electron chi connectivity index (χ0n) is 16.4. The third kappa shape index (κ3) is 4.33. The molecule has 4 aromatic rings. The summed E-state index contributed by atoms with van der Waals surface area (Å²) in [6.45, 7) is 2.51. The van der Waals surface area contributed by atoms with Gasteiger partial charge in [0.25, 0.3) is 11.6 Å². The van der Waals surface area contributed by atoms with Crippen molar-refractivity contribution in [2.45, 2.75) is 6.92 Å². The normalized spacial score (nSPS) is 11.7. The lowest BCUT2D eigenvalue weighted by atomic mass is 10.2. The van der Waals surface area contributed by atoms with Crippen molar-refractivity contribution in [1.82, 2.24) is 9.88 Å². The summed E-state index contributed by atoms with van der Waals surface area (Å²) in [7, 11) is 1.88. The van der Waals surface area contributed by atoms with Crippen molar-refractivity contribution in [3.05, 3.63) is 62.3 Å². The van der Waals surface area contributed by atoms with Gasteiger partial charge in [0.05, 0.1) is 26.6 Å². The van der Waals surface area contributed by atoms with Gasteiger partial charge in [-0.3, -0.25) is 20.2 Å². The van der Waals surface area contributed by atoms with E-state index in [0.717, 1.165) is 20.7 Å². The minimum absolute atomic E-state index is 0.0208. The fourth-order valence-corrected chi connectivity index (χ4v) is 5.24. The van der Waals surface area contributed by atoms with Crippen molar-refractivity contribution in [3.8, 4) is 5.75 Å². The van der Waals surface area contributed by atoms with Crippen molar-refractivity contribution in [1.29, 1.82) is 0 Å². The Bertz CT molecular complexity index is 1420. The van der Waals surface area contributed by atoms with Crippen LogP contribution in [0.3, 0.4) is 0 Å². The van der Waals surface area contributed by atoms with Crippen LogP contribution in [0.2, 0.25) is 0 Å². The Balaban J connectivity index is 1.57. The van der Waals surface area contributed by atoms with E-state index in [9.17, 15) is 14.9 Å². The molecule has 0 spiro atoms. The van der Waals surface area contributed by atoms with Crippen molar-refractivity contribution >= 4 is 71.9 Å². The van der Waals surface area contributed by atoms with Crippen LogP contribution < -0.4 is 14.9 Å². The number of thiazole rings is 1. The summed E-state index contributed by atoms with van der Waals surface area (Å²) < 4.78 is 9.21. The van der Waals surface area contributed by atoms with Gasteiger partial charge in [0.2, 0.25) is 5.11 Å². The molecule has 0 atom stereocenters. The number of hydrogen-bond donors (Lipinski definition) is 1. The second-order valence-electron chi connectivity index (χ2n) is 6.47. The Morgan fingerprint density at radius 3 is 2.77 bits per heavy atom. The van der Waals surface area contributed by atoms with E-state index in [2.05, 4.69) is 10.3 Å². The van der Waals surface area contributed by atoms with Crippen LogP contribution in [-0.4, -0.2) is 27.1 Å². The van der Waals surface area contributed by atoms with Crippen LogP contribution in [0.25, 0.3) is 20.3 Å². The van der Waals surface area contributed by atoms with Crippen LogP contribution in [0, 0.1) is 10.1 Å². The summed E-state index contributed by atoms with van der Waals surface area (Å²) in [4.78, 5) is 28.5. The first-order valence-corrected chi connectivity index (χ1v) is 11.2. The Morgan fingerprint density at radius 1 is 1.23 bits per heavy atom. The summed E-state index contributed by atoms with van der Waals surface area (Å²) in [6, 6.07) is 11.9. The quantitative estimate of drug-likeness (QED) is 0.270. The topological polar surface area (TPSA) is 98.8 Å². The smallest absolute Gasteiger partial charge is 0.270 e. The first-order chi connectivity index (χ1) is 14.9. The number of nitro benzene ring substituents is 1. The predicted octanol–water partition coefficient (Wildman–Crippen LogP) is 4.38. The predicted molar refractivity (Wildman–Crippen MR) is 126 cm³/mol. The molecule has 2 aromatic heterocycles. The number of rotatable bonds is 4. The minimum atomic E-state index is -0.465. The lowest BCUT2D eigenvalue weighted by Crippen LogP contribution is -2.29.